The largest absolute Gasteiger partial charge is 0.338 e. The topological polar surface area (TPSA) is 77.0 Å². The van der Waals surface area contributed by atoms with Crippen LogP contribution in [0, 0.1) is 0 Å². The molecule has 6 nitrogen and oxygen atoms in total. The summed E-state index contributed by atoms with van der Waals surface area (Å²) in [4.78, 5) is 13.6. The number of carbonyl (C=O) groups is 1. The fourth-order valence-electron chi connectivity index (χ4n) is 1.29. The summed E-state index contributed by atoms with van der Waals surface area (Å²) >= 11 is 0. The second-order valence-corrected chi connectivity index (χ2v) is 3.83. The average molecular weight is 225 g/mol. The Labute approximate surface area is 95.4 Å². The standard InChI is InChI=1S/C10H19N5O/c1-4-8(2)14(3)10(16)9-7-15(6-5-11)13-12-9/h7-8H,4-6,11H2,1-3H3. The first kappa shape index (κ1) is 12.6. The van der Waals surface area contributed by atoms with Gasteiger partial charge in [-0.3, -0.25) is 9.48 Å². The Bertz CT molecular complexity index is 349. The minimum absolute atomic E-state index is 0.0994. The molecule has 0 aliphatic heterocycles. The van der Waals surface area contributed by atoms with Gasteiger partial charge in [0.25, 0.3) is 5.91 Å². The number of nitrogens with zero attached hydrogens (tertiary/aromatic N) is 4. The smallest absolute Gasteiger partial charge is 0.276 e. The Morgan fingerprint density at radius 2 is 2.38 bits per heavy atom. The van der Waals surface area contributed by atoms with E-state index in [0.29, 0.717) is 18.8 Å². The van der Waals surface area contributed by atoms with E-state index >= 15 is 0 Å². The molecule has 1 atom stereocenters. The zero-order chi connectivity index (χ0) is 12.1. The maximum Gasteiger partial charge on any atom is 0.276 e. The molecule has 0 aliphatic rings. The van der Waals surface area contributed by atoms with Gasteiger partial charge in [0.2, 0.25) is 0 Å². The van der Waals surface area contributed by atoms with Gasteiger partial charge in [0.15, 0.2) is 5.69 Å². The van der Waals surface area contributed by atoms with Crippen LogP contribution in [0.5, 0.6) is 0 Å². The maximum atomic E-state index is 11.9. The molecule has 6 heteroatoms. The van der Waals surface area contributed by atoms with E-state index in [4.69, 9.17) is 5.73 Å². The third kappa shape index (κ3) is 2.79. The Balaban J connectivity index is 2.72. The van der Waals surface area contributed by atoms with Crippen LogP contribution in [-0.4, -0.2) is 45.4 Å². The third-order valence-corrected chi connectivity index (χ3v) is 2.69. The summed E-state index contributed by atoms with van der Waals surface area (Å²) in [5.41, 5.74) is 5.76. The molecule has 1 amide bonds. The molecule has 2 N–H and O–H groups in total. The van der Waals surface area contributed by atoms with E-state index in [1.165, 1.54) is 0 Å². The lowest BCUT2D eigenvalue weighted by atomic mass is 10.2. The Hall–Kier alpha value is -1.43. The molecule has 0 aliphatic carbocycles. The predicted molar refractivity (Wildman–Crippen MR) is 60.9 cm³/mol. The van der Waals surface area contributed by atoms with Gasteiger partial charge in [0.05, 0.1) is 12.7 Å². The predicted octanol–water partition coefficient (Wildman–Crippen LogP) is 0.107. The van der Waals surface area contributed by atoms with Gasteiger partial charge >= 0.3 is 0 Å². The number of rotatable bonds is 5. The number of amides is 1. The highest BCUT2D eigenvalue weighted by Crippen LogP contribution is 2.05. The molecule has 1 aromatic heterocycles. The van der Waals surface area contributed by atoms with E-state index in [1.54, 1.807) is 22.8 Å². The molecule has 0 bridgehead atoms. The number of hydrogen-bond donors (Lipinski definition) is 1. The van der Waals surface area contributed by atoms with Gasteiger partial charge in [-0.2, -0.15) is 0 Å². The molecule has 0 saturated heterocycles. The van der Waals surface area contributed by atoms with Crippen LogP contribution in [0.25, 0.3) is 0 Å². The highest BCUT2D eigenvalue weighted by atomic mass is 16.2. The SMILES string of the molecule is CCC(C)N(C)C(=O)c1cn(CCN)nn1. The molecule has 1 heterocycles. The fraction of sp³-hybridized carbons (Fsp3) is 0.700. The third-order valence-electron chi connectivity index (χ3n) is 2.69. The summed E-state index contributed by atoms with van der Waals surface area (Å²) < 4.78 is 1.58. The molecular formula is C10H19N5O. The highest BCUT2D eigenvalue weighted by molar-refractivity contribution is 5.91. The van der Waals surface area contributed by atoms with Crippen molar-refractivity contribution in [1.82, 2.24) is 19.9 Å². The molecule has 1 rings (SSSR count). The first-order valence-corrected chi connectivity index (χ1v) is 5.47. The van der Waals surface area contributed by atoms with Crippen molar-refractivity contribution < 1.29 is 4.79 Å². The fourth-order valence-corrected chi connectivity index (χ4v) is 1.29. The van der Waals surface area contributed by atoms with Crippen LogP contribution >= 0.6 is 0 Å². The van der Waals surface area contributed by atoms with E-state index in [2.05, 4.69) is 10.3 Å². The normalized spacial score (nSPS) is 12.5. The van der Waals surface area contributed by atoms with Crippen LogP contribution in [-0.2, 0) is 6.54 Å². The second kappa shape index (κ2) is 5.60. The average Bonchev–Trinajstić information content (AvgIpc) is 2.75. The van der Waals surface area contributed by atoms with Crippen molar-refractivity contribution in [2.45, 2.75) is 32.9 Å². The molecule has 16 heavy (non-hydrogen) atoms. The number of nitrogens with two attached hydrogens (primary N) is 1. The van der Waals surface area contributed by atoms with Gasteiger partial charge in [0.1, 0.15) is 0 Å². The van der Waals surface area contributed by atoms with E-state index in [9.17, 15) is 4.79 Å². The summed E-state index contributed by atoms with van der Waals surface area (Å²) in [7, 11) is 1.78. The summed E-state index contributed by atoms with van der Waals surface area (Å²) in [6, 6.07) is 0.201. The van der Waals surface area contributed by atoms with Gasteiger partial charge in [-0.15, -0.1) is 5.10 Å². The van der Waals surface area contributed by atoms with Gasteiger partial charge in [-0.1, -0.05) is 12.1 Å². The number of carbonyl (C=O) groups excluding carboxylic acids is 1. The molecule has 0 aromatic carbocycles. The highest BCUT2D eigenvalue weighted by Gasteiger charge is 2.18. The monoisotopic (exact) mass is 225 g/mol. The van der Waals surface area contributed by atoms with E-state index < -0.39 is 0 Å². The Morgan fingerprint density at radius 3 is 2.94 bits per heavy atom. The lowest BCUT2D eigenvalue weighted by Crippen LogP contribution is -2.34. The molecular weight excluding hydrogens is 206 g/mol. The number of aromatic nitrogens is 3. The van der Waals surface area contributed by atoms with Crippen molar-refractivity contribution in [1.29, 1.82) is 0 Å². The minimum Gasteiger partial charge on any atom is -0.338 e. The van der Waals surface area contributed by atoms with Gasteiger partial charge in [-0.25, -0.2) is 0 Å². The quantitative estimate of drug-likeness (QED) is 0.771. The van der Waals surface area contributed by atoms with Crippen molar-refractivity contribution in [3.63, 3.8) is 0 Å². The van der Waals surface area contributed by atoms with Gasteiger partial charge in [-0.05, 0) is 13.3 Å². The maximum absolute atomic E-state index is 11.9. The Morgan fingerprint density at radius 1 is 1.69 bits per heavy atom. The first-order valence-electron chi connectivity index (χ1n) is 5.47. The second-order valence-electron chi connectivity index (χ2n) is 3.83. The van der Waals surface area contributed by atoms with E-state index in [-0.39, 0.29) is 11.9 Å². The van der Waals surface area contributed by atoms with Crippen LogP contribution in [0.4, 0.5) is 0 Å². The summed E-state index contributed by atoms with van der Waals surface area (Å²) in [5, 5.41) is 7.67. The Kier molecular flexibility index (Phi) is 4.42. The van der Waals surface area contributed by atoms with Gasteiger partial charge < -0.3 is 10.6 Å². The lowest BCUT2D eigenvalue weighted by molar-refractivity contribution is 0.0734. The molecule has 1 unspecified atom stereocenters. The molecule has 0 fully saturated rings. The summed E-state index contributed by atoms with van der Waals surface area (Å²) in [6.45, 7) is 5.10. The van der Waals surface area contributed by atoms with Crippen molar-refractivity contribution >= 4 is 5.91 Å². The molecule has 0 radical (unpaired) electrons. The van der Waals surface area contributed by atoms with E-state index in [0.717, 1.165) is 6.42 Å². The van der Waals surface area contributed by atoms with Crippen LogP contribution in [0.3, 0.4) is 0 Å². The first-order chi connectivity index (χ1) is 7.60. The van der Waals surface area contributed by atoms with Crippen molar-refractivity contribution in [2.75, 3.05) is 13.6 Å². The zero-order valence-electron chi connectivity index (χ0n) is 10.1. The van der Waals surface area contributed by atoms with Crippen LogP contribution in [0.2, 0.25) is 0 Å². The van der Waals surface area contributed by atoms with Crippen LogP contribution in [0.15, 0.2) is 6.20 Å². The zero-order valence-corrected chi connectivity index (χ0v) is 10.1. The molecule has 90 valence electrons. The molecule has 1 aromatic rings. The van der Waals surface area contributed by atoms with Crippen LogP contribution in [0.1, 0.15) is 30.8 Å². The van der Waals surface area contributed by atoms with Gasteiger partial charge in [0, 0.05) is 19.6 Å². The number of hydrogen-bond acceptors (Lipinski definition) is 4. The molecule has 0 saturated carbocycles. The van der Waals surface area contributed by atoms with Crippen molar-refractivity contribution in [2.24, 2.45) is 5.73 Å². The lowest BCUT2D eigenvalue weighted by Gasteiger charge is -2.22. The molecule has 0 spiro atoms. The summed E-state index contributed by atoms with van der Waals surface area (Å²) in [6.07, 6.45) is 2.55. The van der Waals surface area contributed by atoms with E-state index in [1.807, 2.05) is 13.8 Å². The van der Waals surface area contributed by atoms with Crippen molar-refractivity contribution in [3.8, 4) is 0 Å². The van der Waals surface area contributed by atoms with Crippen molar-refractivity contribution in [3.05, 3.63) is 11.9 Å². The van der Waals surface area contributed by atoms with Crippen LogP contribution < -0.4 is 5.73 Å². The minimum atomic E-state index is -0.0994. The summed E-state index contributed by atoms with van der Waals surface area (Å²) in [5.74, 6) is -0.0994.